The van der Waals surface area contributed by atoms with E-state index in [9.17, 15) is 14.4 Å². The monoisotopic (exact) mass is 379 g/mol. The molecule has 0 fully saturated rings. The van der Waals surface area contributed by atoms with E-state index in [4.69, 9.17) is 4.74 Å². The van der Waals surface area contributed by atoms with Gasteiger partial charge < -0.3 is 10.1 Å². The SMILES string of the molecule is O=C(CCC(=O)c1ccc2c(c1)CCCC2)NCC(=O)OCc1ccccc1. The molecule has 0 saturated heterocycles. The number of Topliss-reactive ketones (excluding diaryl/α,β-unsaturated/α-hetero) is 1. The summed E-state index contributed by atoms with van der Waals surface area (Å²) in [6, 6.07) is 15.2. The van der Waals surface area contributed by atoms with Crippen LogP contribution in [-0.2, 0) is 33.8 Å². The number of ketones is 1. The van der Waals surface area contributed by atoms with E-state index < -0.39 is 5.97 Å². The Hall–Kier alpha value is -2.95. The summed E-state index contributed by atoms with van der Waals surface area (Å²) in [5, 5.41) is 2.51. The number of hydrogen-bond acceptors (Lipinski definition) is 4. The summed E-state index contributed by atoms with van der Waals surface area (Å²) >= 11 is 0. The summed E-state index contributed by atoms with van der Waals surface area (Å²) in [5.41, 5.74) is 4.13. The van der Waals surface area contributed by atoms with Gasteiger partial charge in [0, 0.05) is 18.4 Å². The molecule has 0 radical (unpaired) electrons. The number of carbonyl (C=O) groups is 3. The summed E-state index contributed by atoms with van der Waals surface area (Å²) in [5.74, 6) is -0.878. The van der Waals surface area contributed by atoms with Crippen LogP contribution in [0.25, 0.3) is 0 Å². The summed E-state index contributed by atoms with van der Waals surface area (Å²) < 4.78 is 5.11. The average molecular weight is 379 g/mol. The summed E-state index contributed by atoms with van der Waals surface area (Å²) in [4.78, 5) is 36.0. The second kappa shape index (κ2) is 9.83. The molecule has 0 heterocycles. The number of rotatable bonds is 8. The molecule has 0 bridgehead atoms. The number of benzene rings is 2. The maximum Gasteiger partial charge on any atom is 0.325 e. The van der Waals surface area contributed by atoms with Gasteiger partial charge in [0.15, 0.2) is 5.78 Å². The van der Waals surface area contributed by atoms with Gasteiger partial charge in [-0.2, -0.15) is 0 Å². The van der Waals surface area contributed by atoms with Gasteiger partial charge in [0.25, 0.3) is 0 Å². The molecule has 1 amide bonds. The third kappa shape index (κ3) is 5.78. The largest absolute Gasteiger partial charge is 0.460 e. The van der Waals surface area contributed by atoms with Crippen molar-refractivity contribution in [1.29, 1.82) is 0 Å². The molecule has 5 nitrogen and oxygen atoms in total. The predicted octanol–water partition coefficient (Wildman–Crippen LogP) is 3.39. The maximum atomic E-state index is 12.4. The highest BCUT2D eigenvalue weighted by atomic mass is 16.5. The number of esters is 1. The standard InChI is InChI=1S/C23H25NO4/c25-21(20-11-10-18-8-4-5-9-19(18)14-20)12-13-22(26)24-15-23(27)28-16-17-6-2-1-3-7-17/h1-3,6-7,10-11,14H,4-5,8-9,12-13,15-16H2,(H,24,26). The molecule has 0 unspecified atom stereocenters. The van der Waals surface area contributed by atoms with Crippen LogP contribution in [0.2, 0.25) is 0 Å². The van der Waals surface area contributed by atoms with Crippen LogP contribution in [-0.4, -0.2) is 24.2 Å². The second-order valence-corrected chi connectivity index (χ2v) is 7.04. The van der Waals surface area contributed by atoms with Crippen molar-refractivity contribution >= 4 is 17.7 Å². The fourth-order valence-electron chi connectivity index (χ4n) is 3.33. The van der Waals surface area contributed by atoms with Crippen LogP contribution < -0.4 is 5.32 Å². The molecule has 1 aliphatic carbocycles. The molecule has 5 heteroatoms. The van der Waals surface area contributed by atoms with E-state index in [2.05, 4.69) is 5.32 Å². The maximum absolute atomic E-state index is 12.4. The number of ether oxygens (including phenoxy) is 1. The van der Waals surface area contributed by atoms with E-state index in [1.54, 1.807) is 0 Å². The Morgan fingerprint density at radius 3 is 2.43 bits per heavy atom. The zero-order valence-electron chi connectivity index (χ0n) is 15.9. The van der Waals surface area contributed by atoms with Crippen molar-refractivity contribution in [2.45, 2.75) is 45.1 Å². The van der Waals surface area contributed by atoms with Crippen molar-refractivity contribution in [3.8, 4) is 0 Å². The zero-order chi connectivity index (χ0) is 19.8. The van der Waals surface area contributed by atoms with E-state index in [-0.39, 0.29) is 37.7 Å². The highest BCUT2D eigenvalue weighted by molar-refractivity contribution is 5.98. The Labute approximate surface area is 165 Å². The van der Waals surface area contributed by atoms with E-state index in [1.165, 1.54) is 17.5 Å². The molecular formula is C23H25NO4. The van der Waals surface area contributed by atoms with E-state index >= 15 is 0 Å². The second-order valence-electron chi connectivity index (χ2n) is 7.04. The highest BCUT2D eigenvalue weighted by Crippen LogP contribution is 2.22. The third-order valence-electron chi connectivity index (χ3n) is 4.92. The van der Waals surface area contributed by atoms with Crippen molar-refractivity contribution in [3.05, 3.63) is 70.8 Å². The van der Waals surface area contributed by atoms with Gasteiger partial charge in [-0.3, -0.25) is 14.4 Å². The van der Waals surface area contributed by atoms with Crippen LogP contribution in [0.15, 0.2) is 48.5 Å². The molecule has 0 atom stereocenters. The lowest BCUT2D eigenvalue weighted by Crippen LogP contribution is -2.30. The fraction of sp³-hybridized carbons (Fsp3) is 0.348. The number of nitrogens with one attached hydrogen (secondary N) is 1. The molecule has 0 aromatic heterocycles. The van der Waals surface area contributed by atoms with E-state index in [1.807, 2.05) is 48.5 Å². The lowest BCUT2D eigenvalue weighted by Gasteiger charge is -2.16. The first-order valence-electron chi connectivity index (χ1n) is 9.73. The van der Waals surface area contributed by atoms with Gasteiger partial charge in [0.05, 0.1) is 0 Å². The molecular weight excluding hydrogens is 354 g/mol. The topological polar surface area (TPSA) is 72.5 Å². The van der Waals surface area contributed by atoms with Gasteiger partial charge in [-0.15, -0.1) is 0 Å². The summed E-state index contributed by atoms with van der Waals surface area (Å²) in [7, 11) is 0. The van der Waals surface area contributed by atoms with E-state index in [0.717, 1.165) is 24.8 Å². The van der Waals surface area contributed by atoms with Crippen LogP contribution in [0.5, 0.6) is 0 Å². The highest BCUT2D eigenvalue weighted by Gasteiger charge is 2.14. The quantitative estimate of drug-likeness (QED) is 0.564. The molecule has 2 aromatic rings. The normalized spacial score (nSPS) is 12.7. The van der Waals surface area contributed by atoms with Crippen molar-refractivity contribution < 1.29 is 19.1 Å². The van der Waals surface area contributed by atoms with Gasteiger partial charge in [0.2, 0.25) is 5.91 Å². The van der Waals surface area contributed by atoms with Crippen molar-refractivity contribution in [2.24, 2.45) is 0 Å². The minimum atomic E-state index is -0.502. The summed E-state index contributed by atoms with van der Waals surface area (Å²) in [6.07, 6.45) is 4.64. The Bertz CT molecular complexity index is 845. The minimum Gasteiger partial charge on any atom is -0.460 e. The van der Waals surface area contributed by atoms with Crippen molar-refractivity contribution in [1.82, 2.24) is 5.32 Å². The minimum absolute atomic E-state index is 0.0461. The van der Waals surface area contributed by atoms with Crippen LogP contribution in [0.3, 0.4) is 0 Å². The predicted molar refractivity (Wildman–Crippen MR) is 106 cm³/mol. The van der Waals surface area contributed by atoms with Crippen LogP contribution in [0.4, 0.5) is 0 Å². The Morgan fingerprint density at radius 1 is 0.893 bits per heavy atom. The van der Waals surface area contributed by atoms with E-state index in [0.29, 0.717) is 5.56 Å². The number of fused-ring (bicyclic) bond motifs is 1. The molecule has 0 saturated carbocycles. The van der Waals surface area contributed by atoms with Gasteiger partial charge in [-0.1, -0.05) is 42.5 Å². The van der Waals surface area contributed by atoms with Crippen LogP contribution >= 0.6 is 0 Å². The average Bonchev–Trinajstić information content (AvgIpc) is 2.75. The lowest BCUT2D eigenvalue weighted by molar-refractivity contribution is -0.145. The summed E-state index contributed by atoms with van der Waals surface area (Å²) in [6.45, 7) is -0.0228. The van der Waals surface area contributed by atoms with Gasteiger partial charge in [0.1, 0.15) is 13.2 Å². The van der Waals surface area contributed by atoms with Gasteiger partial charge in [-0.05, 0) is 48.4 Å². The molecule has 1 N–H and O–H groups in total. The molecule has 146 valence electrons. The molecule has 0 aliphatic heterocycles. The molecule has 1 aliphatic rings. The number of aryl methyl sites for hydroxylation is 2. The number of amides is 1. The molecule has 3 rings (SSSR count). The van der Waals surface area contributed by atoms with Crippen molar-refractivity contribution in [3.63, 3.8) is 0 Å². The number of hydrogen-bond donors (Lipinski definition) is 1. The molecule has 0 spiro atoms. The Kier molecular flexibility index (Phi) is 6.95. The van der Waals surface area contributed by atoms with Crippen LogP contribution in [0, 0.1) is 0 Å². The molecule has 28 heavy (non-hydrogen) atoms. The Balaban J connectivity index is 1.38. The first kappa shape index (κ1) is 19.8. The smallest absolute Gasteiger partial charge is 0.325 e. The van der Waals surface area contributed by atoms with Crippen LogP contribution in [0.1, 0.15) is 52.7 Å². The lowest BCUT2D eigenvalue weighted by atomic mass is 9.89. The van der Waals surface area contributed by atoms with Crippen molar-refractivity contribution in [2.75, 3.05) is 6.54 Å². The third-order valence-corrected chi connectivity index (χ3v) is 4.92. The zero-order valence-corrected chi connectivity index (χ0v) is 15.9. The van der Waals surface area contributed by atoms with Gasteiger partial charge in [-0.25, -0.2) is 0 Å². The Morgan fingerprint density at radius 2 is 1.64 bits per heavy atom. The van der Waals surface area contributed by atoms with Gasteiger partial charge >= 0.3 is 5.97 Å². The first-order valence-corrected chi connectivity index (χ1v) is 9.73. The molecule has 2 aromatic carbocycles. The number of carbonyl (C=O) groups excluding carboxylic acids is 3. The fourth-order valence-corrected chi connectivity index (χ4v) is 3.33. The first-order chi connectivity index (χ1) is 13.6.